The number of esters is 2. The first kappa shape index (κ1) is 32.9. The van der Waals surface area contributed by atoms with E-state index in [1.54, 1.807) is 20.8 Å². The predicted molar refractivity (Wildman–Crippen MR) is 149 cm³/mol. The molecule has 41 heavy (non-hydrogen) atoms. The maximum atomic E-state index is 13.8. The van der Waals surface area contributed by atoms with Crippen molar-refractivity contribution in [1.82, 2.24) is 9.80 Å². The monoisotopic (exact) mass is 582 g/mol. The topological polar surface area (TPSA) is 76.2 Å². The summed E-state index contributed by atoms with van der Waals surface area (Å²) in [5.41, 5.74) is 0.649. The highest BCUT2D eigenvalue weighted by Gasteiger charge is 2.51. The molecular weight excluding hydrogens is 537 g/mol. The van der Waals surface area contributed by atoms with Crippen molar-refractivity contribution in [2.45, 2.75) is 115 Å². The van der Waals surface area contributed by atoms with Crippen LogP contribution in [0.15, 0.2) is 30.3 Å². The Bertz CT molecular complexity index is 1020. The van der Waals surface area contributed by atoms with Gasteiger partial charge in [0, 0.05) is 25.6 Å². The number of rotatable bonds is 11. The molecule has 1 heterocycles. The largest absolute Gasteiger partial charge is 0.471 e. The number of ether oxygens (including phenoxy) is 2. The zero-order valence-corrected chi connectivity index (χ0v) is 24.8. The fraction of sp³-hybridized carbons (Fsp3) is 0.710. The number of carbonyl (C=O) groups is 3. The molecule has 1 aliphatic heterocycles. The van der Waals surface area contributed by atoms with Crippen molar-refractivity contribution in [2.75, 3.05) is 20.2 Å². The van der Waals surface area contributed by atoms with E-state index >= 15 is 0 Å². The van der Waals surface area contributed by atoms with Crippen molar-refractivity contribution in [2.24, 2.45) is 5.41 Å². The molecule has 7 nitrogen and oxygen atoms in total. The van der Waals surface area contributed by atoms with E-state index in [1.165, 1.54) is 5.56 Å². The van der Waals surface area contributed by atoms with Crippen LogP contribution in [-0.4, -0.2) is 71.7 Å². The van der Waals surface area contributed by atoms with Crippen LogP contribution in [0.4, 0.5) is 13.2 Å². The first-order chi connectivity index (χ1) is 19.2. The van der Waals surface area contributed by atoms with Gasteiger partial charge in [0.2, 0.25) is 0 Å². The van der Waals surface area contributed by atoms with Crippen molar-refractivity contribution in [3.63, 3.8) is 0 Å². The van der Waals surface area contributed by atoms with Gasteiger partial charge in [-0.1, -0.05) is 43.2 Å². The standard InChI is InChI=1S/C31H45F3N2O5/c1-29(2,3)41-26(37)14-10-6-9-13-25(27(38)40-4)36(28(39)31(32,33)34)24-15-17-30(18-16-24)19-20-35(22-30)21-23-11-7-5-8-12-23/h5,7-8,11-12,24-25H,6,9-10,13-22H2,1-4H3/t24?,25-,30?/m1/s1. The minimum atomic E-state index is -5.10. The van der Waals surface area contributed by atoms with Crippen LogP contribution in [0.3, 0.4) is 0 Å². The summed E-state index contributed by atoms with van der Waals surface area (Å²) in [5, 5.41) is 0. The van der Waals surface area contributed by atoms with Gasteiger partial charge in [-0.05, 0) is 83.2 Å². The quantitative estimate of drug-likeness (QED) is 0.234. The summed E-state index contributed by atoms with van der Waals surface area (Å²) in [6, 6.07) is 8.17. The third-order valence-electron chi connectivity index (χ3n) is 8.24. The molecule has 1 atom stereocenters. The number of hydrogen-bond donors (Lipinski definition) is 0. The Hall–Kier alpha value is -2.62. The van der Waals surface area contributed by atoms with Crippen LogP contribution in [0.2, 0.25) is 0 Å². The summed E-state index contributed by atoms with van der Waals surface area (Å²) in [5.74, 6) is -3.18. The van der Waals surface area contributed by atoms with E-state index in [0.29, 0.717) is 44.9 Å². The maximum Gasteiger partial charge on any atom is 0.471 e. The number of benzene rings is 1. The summed E-state index contributed by atoms with van der Waals surface area (Å²) in [4.78, 5) is 40.6. The lowest BCUT2D eigenvalue weighted by Gasteiger charge is -2.44. The van der Waals surface area contributed by atoms with Crippen LogP contribution in [0.25, 0.3) is 0 Å². The van der Waals surface area contributed by atoms with Crippen molar-refractivity contribution in [3.8, 4) is 0 Å². The summed E-state index contributed by atoms with van der Waals surface area (Å²) in [7, 11) is 1.13. The second-order valence-corrected chi connectivity index (χ2v) is 12.6. The van der Waals surface area contributed by atoms with Gasteiger partial charge < -0.3 is 14.4 Å². The molecule has 10 heteroatoms. The van der Waals surface area contributed by atoms with Gasteiger partial charge in [0.15, 0.2) is 0 Å². The number of hydrogen-bond acceptors (Lipinski definition) is 6. The lowest BCUT2D eigenvalue weighted by Crippen LogP contribution is -2.56. The fourth-order valence-electron chi connectivity index (χ4n) is 6.30. The molecule has 1 saturated heterocycles. The minimum absolute atomic E-state index is 0.0145. The van der Waals surface area contributed by atoms with Crippen molar-refractivity contribution >= 4 is 17.8 Å². The number of unbranched alkanes of at least 4 members (excludes halogenated alkanes) is 2. The van der Waals surface area contributed by atoms with Crippen molar-refractivity contribution in [1.29, 1.82) is 0 Å². The Balaban J connectivity index is 1.63. The molecule has 1 aromatic carbocycles. The van der Waals surface area contributed by atoms with Gasteiger partial charge in [0.05, 0.1) is 7.11 Å². The molecule has 2 aliphatic rings. The van der Waals surface area contributed by atoms with Gasteiger partial charge in [0.1, 0.15) is 11.6 Å². The van der Waals surface area contributed by atoms with E-state index in [9.17, 15) is 27.6 Å². The Morgan fingerprint density at radius 1 is 1.02 bits per heavy atom. The molecule has 1 amide bonds. The van der Waals surface area contributed by atoms with E-state index in [2.05, 4.69) is 17.0 Å². The van der Waals surface area contributed by atoms with Gasteiger partial charge in [-0.2, -0.15) is 13.2 Å². The molecule has 1 aromatic rings. The third-order valence-corrected chi connectivity index (χ3v) is 8.24. The Morgan fingerprint density at radius 2 is 1.68 bits per heavy atom. The Labute approximate surface area is 241 Å². The molecule has 230 valence electrons. The number of methoxy groups -OCH3 is 1. The second kappa shape index (κ2) is 14.0. The SMILES string of the molecule is COC(=O)[C@@H](CCCCCC(=O)OC(C)(C)C)N(C(=O)C(F)(F)F)C1CCC2(CC1)CCN(Cc1ccccc1)C2. The first-order valence-electron chi connectivity index (χ1n) is 14.7. The van der Waals surface area contributed by atoms with Crippen LogP contribution >= 0.6 is 0 Å². The van der Waals surface area contributed by atoms with Gasteiger partial charge >= 0.3 is 24.0 Å². The molecule has 0 bridgehead atoms. The number of halogens is 3. The van der Waals surface area contributed by atoms with E-state index in [1.807, 2.05) is 18.2 Å². The number of likely N-dealkylation sites (tertiary alicyclic amines) is 1. The van der Waals surface area contributed by atoms with Crippen LogP contribution < -0.4 is 0 Å². The molecule has 0 radical (unpaired) electrons. The van der Waals surface area contributed by atoms with Gasteiger partial charge in [-0.25, -0.2) is 4.79 Å². The molecular formula is C31H45F3N2O5. The molecule has 0 unspecified atom stereocenters. The summed E-state index contributed by atoms with van der Waals surface area (Å²) < 4.78 is 51.6. The molecule has 3 rings (SSSR count). The number of carbonyl (C=O) groups excluding carboxylic acids is 3. The molecule has 0 N–H and O–H groups in total. The minimum Gasteiger partial charge on any atom is -0.467 e. The number of alkyl halides is 3. The third kappa shape index (κ3) is 9.72. The van der Waals surface area contributed by atoms with Gasteiger partial charge in [0.25, 0.3) is 0 Å². The number of amides is 1. The van der Waals surface area contributed by atoms with E-state index in [-0.39, 0.29) is 24.2 Å². The molecule has 1 saturated carbocycles. The fourth-order valence-corrected chi connectivity index (χ4v) is 6.30. The van der Waals surface area contributed by atoms with E-state index < -0.39 is 35.7 Å². The molecule has 1 aliphatic carbocycles. The lowest BCUT2D eigenvalue weighted by molar-refractivity contribution is -0.194. The predicted octanol–water partition coefficient (Wildman–Crippen LogP) is 6.05. The maximum absolute atomic E-state index is 13.8. The Kier molecular flexibility index (Phi) is 11.3. The van der Waals surface area contributed by atoms with Crippen LogP contribution in [0.1, 0.15) is 90.5 Å². The smallest absolute Gasteiger partial charge is 0.467 e. The zero-order valence-electron chi connectivity index (χ0n) is 24.8. The van der Waals surface area contributed by atoms with Crippen molar-refractivity contribution in [3.05, 3.63) is 35.9 Å². The van der Waals surface area contributed by atoms with Gasteiger partial charge in [-0.15, -0.1) is 0 Å². The highest BCUT2D eigenvalue weighted by Crippen LogP contribution is 2.46. The zero-order chi connectivity index (χ0) is 30.3. The molecule has 0 aromatic heterocycles. The normalized spacial score (nSPS) is 22.4. The highest BCUT2D eigenvalue weighted by atomic mass is 19.4. The van der Waals surface area contributed by atoms with E-state index in [4.69, 9.17) is 9.47 Å². The van der Waals surface area contributed by atoms with Crippen LogP contribution in [0.5, 0.6) is 0 Å². The summed E-state index contributed by atoms with van der Waals surface area (Å²) in [6.45, 7) is 7.97. The second-order valence-electron chi connectivity index (χ2n) is 12.6. The van der Waals surface area contributed by atoms with Crippen molar-refractivity contribution < 1.29 is 37.0 Å². The Morgan fingerprint density at radius 3 is 2.27 bits per heavy atom. The number of nitrogens with zero attached hydrogens (tertiary/aromatic N) is 2. The van der Waals surface area contributed by atoms with Crippen LogP contribution in [-0.2, 0) is 30.4 Å². The first-order valence-corrected chi connectivity index (χ1v) is 14.7. The molecule has 1 spiro atoms. The average Bonchev–Trinajstić information content (AvgIpc) is 3.28. The lowest BCUT2D eigenvalue weighted by atomic mass is 9.71. The average molecular weight is 583 g/mol. The van der Waals surface area contributed by atoms with E-state index in [0.717, 1.165) is 38.1 Å². The van der Waals surface area contributed by atoms with Gasteiger partial charge in [-0.3, -0.25) is 14.5 Å². The highest BCUT2D eigenvalue weighted by molar-refractivity contribution is 5.88. The molecule has 2 fully saturated rings. The summed E-state index contributed by atoms with van der Waals surface area (Å²) >= 11 is 0. The van der Waals surface area contributed by atoms with Crippen LogP contribution in [0, 0.1) is 5.41 Å². The summed E-state index contributed by atoms with van der Waals surface area (Å²) in [6.07, 6.45) is -0.339.